The molecule has 2 nitrogen and oxygen atoms in total. The lowest BCUT2D eigenvalue weighted by molar-refractivity contribution is 0.602. The van der Waals surface area contributed by atoms with Gasteiger partial charge in [0.2, 0.25) is 0 Å². The monoisotopic (exact) mass is 201 g/mol. The minimum atomic E-state index is 0.837. The van der Waals surface area contributed by atoms with Gasteiger partial charge in [-0.15, -0.1) is 0 Å². The minimum Gasteiger partial charge on any atom is -0.443 e. The molecule has 0 bridgehead atoms. The van der Waals surface area contributed by atoms with E-state index in [-0.39, 0.29) is 0 Å². The molecule has 1 aromatic carbocycles. The van der Waals surface area contributed by atoms with Crippen LogP contribution in [0, 0.1) is 0 Å². The predicted octanol–water partition coefficient (Wildman–Crippen LogP) is 3.56. The molecule has 0 amide bonds. The van der Waals surface area contributed by atoms with E-state index in [1.54, 1.807) is 11.3 Å². The van der Waals surface area contributed by atoms with Gasteiger partial charge < -0.3 is 4.42 Å². The van der Waals surface area contributed by atoms with E-state index in [0.29, 0.717) is 0 Å². The van der Waals surface area contributed by atoms with E-state index in [9.17, 15) is 0 Å². The minimum absolute atomic E-state index is 0.837. The van der Waals surface area contributed by atoms with Crippen molar-refractivity contribution in [2.24, 2.45) is 0 Å². The maximum Gasteiger partial charge on any atom is 0.181 e. The smallest absolute Gasteiger partial charge is 0.181 e. The number of fused-ring (bicyclic) bond motifs is 1. The number of thiophene rings is 1. The zero-order valence-corrected chi connectivity index (χ0v) is 8.12. The van der Waals surface area contributed by atoms with Gasteiger partial charge in [-0.25, -0.2) is 4.98 Å². The van der Waals surface area contributed by atoms with Crippen molar-refractivity contribution in [3.05, 3.63) is 41.4 Å². The predicted molar refractivity (Wildman–Crippen MR) is 57.3 cm³/mol. The lowest BCUT2D eigenvalue weighted by atomic mass is 10.1. The van der Waals surface area contributed by atoms with E-state index in [1.807, 2.05) is 12.1 Å². The van der Waals surface area contributed by atoms with Crippen LogP contribution in [-0.2, 0) is 0 Å². The van der Waals surface area contributed by atoms with E-state index >= 15 is 0 Å². The molecule has 2 aromatic heterocycles. The summed E-state index contributed by atoms with van der Waals surface area (Å²) < 4.78 is 5.18. The van der Waals surface area contributed by atoms with Gasteiger partial charge in [-0.2, -0.15) is 11.3 Å². The van der Waals surface area contributed by atoms with Crippen molar-refractivity contribution in [3.63, 3.8) is 0 Å². The Balaban J connectivity index is 2.23. The van der Waals surface area contributed by atoms with E-state index in [4.69, 9.17) is 4.42 Å². The van der Waals surface area contributed by atoms with Crippen molar-refractivity contribution < 1.29 is 4.42 Å². The van der Waals surface area contributed by atoms with E-state index in [0.717, 1.165) is 11.1 Å². The third-order valence-corrected chi connectivity index (χ3v) is 2.87. The Morgan fingerprint density at radius 1 is 1.14 bits per heavy atom. The Labute approximate surface area is 84.8 Å². The fourth-order valence-electron chi connectivity index (χ4n) is 1.47. The third kappa shape index (κ3) is 1.14. The molecular weight excluding hydrogens is 194 g/mol. The Morgan fingerprint density at radius 2 is 2.14 bits per heavy atom. The molecule has 0 spiro atoms. The molecule has 0 radical (unpaired) electrons. The third-order valence-electron chi connectivity index (χ3n) is 2.18. The van der Waals surface area contributed by atoms with Crippen molar-refractivity contribution in [1.82, 2.24) is 4.98 Å². The summed E-state index contributed by atoms with van der Waals surface area (Å²) in [7, 11) is 0. The molecule has 68 valence electrons. The highest BCUT2D eigenvalue weighted by Gasteiger charge is 2.02. The largest absolute Gasteiger partial charge is 0.443 e. The summed E-state index contributed by atoms with van der Waals surface area (Å²) in [5, 5.41) is 4.20. The quantitative estimate of drug-likeness (QED) is 0.601. The molecule has 3 aromatic rings. The van der Waals surface area contributed by atoms with E-state index in [2.05, 4.69) is 27.9 Å². The van der Waals surface area contributed by atoms with Gasteiger partial charge in [-0.3, -0.25) is 0 Å². The summed E-state index contributed by atoms with van der Waals surface area (Å²) in [6.07, 6.45) is 1.47. The van der Waals surface area contributed by atoms with Gasteiger partial charge in [0.1, 0.15) is 5.52 Å². The lowest BCUT2D eigenvalue weighted by Gasteiger charge is -1.95. The van der Waals surface area contributed by atoms with Crippen LogP contribution < -0.4 is 0 Å². The van der Waals surface area contributed by atoms with Gasteiger partial charge in [0.25, 0.3) is 0 Å². The van der Waals surface area contributed by atoms with Crippen LogP contribution in [-0.4, -0.2) is 4.98 Å². The highest BCUT2D eigenvalue weighted by atomic mass is 32.1. The van der Waals surface area contributed by atoms with Crippen LogP contribution in [0.2, 0.25) is 0 Å². The van der Waals surface area contributed by atoms with Crippen LogP contribution in [0.5, 0.6) is 0 Å². The average Bonchev–Trinajstić information content (AvgIpc) is 2.88. The summed E-state index contributed by atoms with van der Waals surface area (Å²) in [6.45, 7) is 0. The number of hydrogen-bond acceptors (Lipinski definition) is 3. The molecule has 0 atom stereocenters. The second-order valence-electron chi connectivity index (χ2n) is 3.05. The summed E-state index contributed by atoms with van der Waals surface area (Å²) in [5.41, 5.74) is 4.17. The molecule has 14 heavy (non-hydrogen) atoms. The van der Waals surface area contributed by atoms with Gasteiger partial charge in [0.15, 0.2) is 12.0 Å². The number of hydrogen-bond donors (Lipinski definition) is 0. The Morgan fingerprint density at radius 3 is 3.00 bits per heavy atom. The standard InChI is InChI=1S/C11H7NOS/c1-2-11-10(12-7-13-11)5-8(1)9-3-4-14-6-9/h1-7H. The first-order chi connectivity index (χ1) is 6.93. The molecule has 0 aliphatic rings. The first-order valence-corrected chi connectivity index (χ1v) is 5.23. The fraction of sp³-hybridized carbons (Fsp3) is 0. The van der Waals surface area contributed by atoms with Crippen molar-refractivity contribution in [2.75, 3.05) is 0 Å². The molecule has 0 saturated heterocycles. The average molecular weight is 201 g/mol. The van der Waals surface area contributed by atoms with Crippen LogP contribution in [0.15, 0.2) is 45.8 Å². The molecule has 3 rings (SSSR count). The van der Waals surface area contributed by atoms with Gasteiger partial charge in [0.05, 0.1) is 0 Å². The number of nitrogens with zero attached hydrogens (tertiary/aromatic N) is 1. The molecule has 0 unspecified atom stereocenters. The number of rotatable bonds is 1. The maximum absolute atomic E-state index is 5.18. The first-order valence-electron chi connectivity index (χ1n) is 4.29. The maximum atomic E-state index is 5.18. The van der Waals surface area contributed by atoms with Crippen molar-refractivity contribution in [2.45, 2.75) is 0 Å². The number of oxazole rings is 1. The van der Waals surface area contributed by atoms with Crippen LogP contribution in [0.25, 0.3) is 22.2 Å². The summed E-state index contributed by atoms with van der Waals surface area (Å²) in [6, 6.07) is 8.15. The van der Waals surface area contributed by atoms with Gasteiger partial charge in [0, 0.05) is 0 Å². The van der Waals surface area contributed by atoms with Crippen LogP contribution in [0.4, 0.5) is 0 Å². The van der Waals surface area contributed by atoms with Gasteiger partial charge in [-0.05, 0) is 40.1 Å². The zero-order valence-electron chi connectivity index (χ0n) is 7.31. The van der Waals surface area contributed by atoms with Gasteiger partial charge in [-0.1, -0.05) is 6.07 Å². The molecular formula is C11H7NOS. The van der Waals surface area contributed by atoms with Crippen molar-refractivity contribution in [1.29, 1.82) is 0 Å². The topological polar surface area (TPSA) is 26.0 Å². The molecule has 0 aliphatic carbocycles. The highest BCUT2D eigenvalue weighted by molar-refractivity contribution is 7.08. The van der Waals surface area contributed by atoms with Crippen molar-refractivity contribution >= 4 is 22.4 Å². The zero-order chi connectivity index (χ0) is 9.38. The normalized spacial score (nSPS) is 10.9. The summed E-state index contributed by atoms with van der Waals surface area (Å²) in [4.78, 5) is 4.13. The molecule has 0 fully saturated rings. The highest BCUT2D eigenvalue weighted by Crippen LogP contribution is 2.25. The van der Waals surface area contributed by atoms with Crippen LogP contribution >= 0.6 is 11.3 Å². The Hall–Kier alpha value is -1.61. The summed E-state index contributed by atoms with van der Waals surface area (Å²) in [5.74, 6) is 0. The summed E-state index contributed by atoms with van der Waals surface area (Å²) >= 11 is 1.70. The number of benzene rings is 1. The molecule has 0 aliphatic heterocycles. The molecule has 0 N–H and O–H groups in total. The van der Waals surface area contributed by atoms with Crippen LogP contribution in [0.3, 0.4) is 0 Å². The Kier molecular flexibility index (Phi) is 1.64. The Bertz CT molecular complexity index is 553. The van der Waals surface area contributed by atoms with Gasteiger partial charge >= 0.3 is 0 Å². The lowest BCUT2D eigenvalue weighted by Crippen LogP contribution is -1.73. The molecule has 2 heterocycles. The molecule has 3 heteroatoms. The first kappa shape index (κ1) is 7.76. The second-order valence-corrected chi connectivity index (χ2v) is 3.83. The number of aromatic nitrogens is 1. The molecule has 0 saturated carbocycles. The van der Waals surface area contributed by atoms with Crippen LogP contribution in [0.1, 0.15) is 0 Å². The SMILES string of the molecule is c1nc2cc(-c3ccsc3)ccc2o1. The van der Waals surface area contributed by atoms with E-state index in [1.165, 1.54) is 17.5 Å². The van der Waals surface area contributed by atoms with Crippen molar-refractivity contribution in [3.8, 4) is 11.1 Å². The van der Waals surface area contributed by atoms with E-state index < -0.39 is 0 Å². The second kappa shape index (κ2) is 2.96. The fourth-order valence-corrected chi connectivity index (χ4v) is 2.13.